The molecule has 60 valence electrons. The summed E-state index contributed by atoms with van der Waals surface area (Å²) < 4.78 is 1.49. The molecule has 0 radical (unpaired) electrons. The zero-order valence-electron chi connectivity index (χ0n) is 6.24. The van der Waals surface area contributed by atoms with Gasteiger partial charge in [-0.25, -0.2) is 9.78 Å². The summed E-state index contributed by atoms with van der Waals surface area (Å²) in [5.74, 6) is -0.936. The summed E-state index contributed by atoms with van der Waals surface area (Å²) in [4.78, 5) is 14.5. The quantitative estimate of drug-likeness (QED) is 0.671. The average molecular weight is 172 g/mol. The molecule has 0 aromatic carbocycles. The first-order valence-corrected chi connectivity index (χ1v) is 4.18. The predicted octanol–water partition coefficient (Wildman–Crippen LogP) is 0.840. The molecule has 1 heterocycles. The highest BCUT2D eigenvalue weighted by Gasteiger charge is 2.14. The van der Waals surface area contributed by atoms with Gasteiger partial charge in [0, 0.05) is 7.05 Å². The normalized spacial score (nSPS) is 10.0. The molecule has 0 unspecified atom stereocenters. The topological polar surface area (TPSA) is 55.1 Å². The molecule has 0 spiro atoms. The van der Waals surface area contributed by atoms with Gasteiger partial charge in [0.05, 0.1) is 6.33 Å². The molecule has 0 saturated heterocycles. The van der Waals surface area contributed by atoms with Gasteiger partial charge in [0.15, 0.2) is 5.69 Å². The first-order chi connectivity index (χ1) is 5.16. The molecule has 1 rings (SSSR count). The molecule has 0 amide bonds. The van der Waals surface area contributed by atoms with Crippen molar-refractivity contribution in [1.82, 2.24) is 9.55 Å². The van der Waals surface area contributed by atoms with E-state index in [9.17, 15) is 4.79 Å². The van der Waals surface area contributed by atoms with Crippen molar-refractivity contribution in [3.05, 3.63) is 12.0 Å². The van der Waals surface area contributed by atoms with Crippen molar-refractivity contribution in [2.75, 3.05) is 6.26 Å². The Labute approximate surface area is 68.2 Å². The molecule has 1 N–H and O–H groups in total. The van der Waals surface area contributed by atoms with Gasteiger partial charge in [-0.2, -0.15) is 0 Å². The number of thioether (sulfide) groups is 1. The smallest absolute Gasteiger partial charge is 0.355 e. The number of carboxylic acid groups (broad SMARTS) is 1. The Hall–Kier alpha value is -0.970. The lowest BCUT2D eigenvalue weighted by Gasteiger charge is -1.95. The third-order valence-electron chi connectivity index (χ3n) is 1.30. The van der Waals surface area contributed by atoms with Crippen molar-refractivity contribution in [1.29, 1.82) is 0 Å². The fourth-order valence-corrected chi connectivity index (χ4v) is 1.38. The van der Waals surface area contributed by atoms with Crippen LogP contribution >= 0.6 is 11.8 Å². The van der Waals surface area contributed by atoms with E-state index in [-0.39, 0.29) is 5.69 Å². The van der Waals surface area contributed by atoms with Gasteiger partial charge < -0.3 is 9.67 Å². The number of carbonyl (C=O) groups is 1. The highest BCUT2D eigenvalue weighted by molar-refractivity contribution is 7.98. The maximum atomic E-state index is 10.6. The minimum absolute atomic E-state index is 0.248. The summed E-state index contributed by atoms with van der Waals surface area (Å²) >= 11 is 1.33. The van der Waals surface area contributed by atoms with Gasteiger partial charge >= 0.3 is 5.97 Å². The molecular weight excluding hydrogens is 164 g/mol. The van der Waals surface area contributed by atoms with Crippen LogP contribution in [-0.4, -0.2) is 26.9 Å². The van der Waals surface area contributed by atoms with E-state index < -0.39 is 5.97 Å². The van der Waals surface area contributed by atoms with Gasteiger partial charge in [-0.15, -0.1) is 11.8 Å². The standard InChI is InChI=1S/C6H8N2O2S/c1-8-3-7-5(11-2)4(8)6(9)10/h3H,1-2H3,(H,9,10). The number of hydrogen-bond donors (Lipinski definition) is 1. The minimum Gasteiger partial charge on any atom is -0.476 e. The molecule has 0 aliphatic rings. The van der Waals surface area contributed by atoms with Crippen molar-refractivity contribution in [3.8, 4) is 0 Å². The first-order valence-electron chi connectivity index (χ1n) is 2.95. The second-order valence-electron chi connectivity index (χ2n) is 2.02. The summed E-state index contributed by atoms with van der Waals surface area (Å²) in [6.07, 6.45) is 3.30. The van der Waals surface area contributed by atoms with E-state index in [0.29, 0.717) is 5.03 Å². The average Bonchev–Trinajstić information content (AvgIpc) is 2.30. The van der Waals surface area contributed by atoms with E-state index in [4.69, 9.17) is 5.11 Å². The van der Waals surface area contributed by atoms with E-state index in [1.807, 2.05) is 0 Å². The van der Waals surface area contributed by atoms with Gasteiger partial charge in [0.2, 0.25) is 0 Å². The number of nitrogens with zero attached hydrogens (tertiary/aromatic N) is 2. The molecule has 0 atom stereocenters. The molecule has 0 fully saturated rings. The summed E-state index contributed by atoms with van der Waals surface area (Å²) in [5.41, 5.74) is 0.248. The number of hydrogen-bond acceptors (Lipinski definition) is 3. The van der Waals surface area contributed by atoms with Gasteiger partial charge in [0.25, 0.3) is 0 Å². The number of aromatic carboxylic acids is 1. The Bertz CT molecular complexity index is 282. The Morgan fingerprint density at radius 3 is 2.82 bits per heavy atom. The summed E-state index contributed by atoms with van der Waals surface area (Å²) in [5, 5.41) is 9.25. The summed E-state index contributed by atoms with van der Waals surface area (Å²) in [6.45, 7) is 0. The van der Waals surface area contributed by atoms with Crippen molar-refractivity contribution < 1.29 is 9.90 Å². The lowest BCUT2D eigenvalue weighted by molar-refractivity contribution is 0.0682. The molecule has 0 bridgehead atoms. The van der Waals surface area contributed by atoms with Crippen LogP contribution < -0.4 is 0 Å². The van der Waals surface area contributed by atoms with Crippen LogP contribution in [0.4, 0.5) is 0 Å². The van der Waals surface area contributed by atoms with Crippen molar-refractivity contribution >= 4 is 17.7 Å². The van der Waals surface area contributed by atoms with E-state index in [1.54, 1.807) is 13.3 Å². The fraction of sp³-hybridized carbons (Fsp3) is 0.333. The fourth-order valence-electron chi connectivity index (χ4n) is 0.801. The highest BCUT2D eigenvalue weighted by Crippen LogP contribution is 2.16. The number of rotatable bonds is 2. The summed E-state index contributed by atoms with van der Waals surface area (Å²) in [7, 11) is 1.66. The highest BCUT2D eigenvalue weighted by atomic mass is 32.2. The maximum absolute atomic E-state index is 10.6. The van der Waals surface area contributed by atoms with E-state index in [0.717, 1.165) is 0 Å². The molecule has 11 heavy (non-hydrogen) atoms. The molecule has 0 saturated carbocycles. The number of aryl methyl sites for hydroxylation is 1. The Morgan fingerprint density at radius 2 is 2.45 bits per heavy atom. The third kappa shape index (κ3) is 1.37. The largest absolute Gasteiger partial charge is 0.476 e. The van der Waals surface area contributed by atoms with Crippen LogP contribution in [0, 0.1) is 0 Å². The molecular formula is C6H8N2O2S. The molecule has 0 aliphatic carbocycles. The molecule has 0 aliphatic heterocycles. The Balaban J connectivity index is 3.17. The van der Waals surface area contributed by atoms with Crippen LogP contribution in [0.25, 0.3) is 0 Å². The van der Waals surface area contributed by atoms with Crippen molar-refractivity contribution in [3.63, 3.8) is 0 Å². The number of carboxylic acids is 1. The zero-order chi connectivity index (χ0) is 8.43. The second kappa shape index (κ2) is 2.96. The number of imidazole rings is 1. The molecule has 1 aromatic rings. The Morgan fingerprint density at radius 1 is 1.82 bits per heavy atom. The van der Waals surface area contributed by atoms with Crippen LogP contribution in [-0.2, 0) is 7.05 Å². The molecule has 1 aromatic heterocycles. The van der Waals surface area contributed by atoms with Gasteiger partial charge in [-0.1, -0.05) is 0 Å². The second-order valence-corrected chi connectivity index (χ2v) is 2.81. The lowest BCUT2D eigenvalue weighted by atomic mass is 10.5. The van der Waals surface area contributed by atoms with Crippen LogP contribution in [0.15, 0.2) is 11.4 Å². The first kappa shape index (κ1) is 8.13. The zero-order valence-corrected chi connectivity index (χ0v) is 7.05. The summed E-state index contributed by atoms with van der Waals surface area (Å²) in [6, 6.07) is 0. The van der Waals surface area contributed by atoms with E-state index in [2.05, 4.69) is 4.98 Å². The maximum Gasteiger partial charge on any atom is 0.355 e. The number of aromatic nitrogens is 2. The van der Waals surface area contributed by atoms with Crippen molar-refractivity contribution in [2.45, 2.75) is 5.03 Å². The van der Waals surface area contributed by atoms with E-state index >= 15 is 0 Å². The van der Waals surface area contributed by atoms with Crippen LogP contribution in [0.5, 0.6) is 0 Å². The Kier molecular flexibility index (Phi) is 2.19. The monoisotopic (exact) mass is 172 g/mol. The van der Waals surface area contributed by atoms with Gasteiger partial charge in [-0.05, 0) is 6.26 Å². The minimum atomic E-state index is -0.936. The van der Waals surface area contributed by atoms with E-state index in [1.165, 1.54) is 22.7 Å². The third-order valence-corrected chi connectivity index (χ3v) is 1.98. The van der Waals surface area contributed by atoms with Crippen LogP contribution in [0.1, 0.15) is 10.5 Å². The predicted molar refractivity (Wildman–Crippen MR) is 41.9 cm³/mol. The van der Waals surface area contributed by atoms with Gasteiger partial charge in [0.1, 0.15) is 5.03 Å². The van der Waals surface area contributed by atoms with Crippen molar-refractivity contribution in [2.24, 2.45) is 7.05 Å². The van der Waals surface area contributed by atoms with Crippen LogP contribution in [0.3, 0.4) is 0 Å². The SMILES string of the molecule is CSc1ncn(C)c1C(=O)O. The molecule has 4 nitrogen and oxygen atoms in total. The van der Waals surface area contributed by atoms with Gasteiger partial charge in [-0.3, -0.25) is 0 Å². The van der Waals surface area contributed by atoms with Crippen LogP contribution in [0.2, 0.25) is 0 Å². The lowest BCUT2D eigenvalue weighted by Crippen LogP contribution is -2.04. The molecule has 5 heteroatoms.